The lowest BCUT2D eigenvalue weighted by atomic mass is 10.2. The molecule has 1 N–H and O–H groups in total. The van der Waals surface area contributed by atoms with Crippen molar-refractivity contribution in [3.8, 4) is 11.5 Å². The van der Waals surface area contributed by atoms with Crippen LogP contribution in [0, 0.1) is 5.82 Å². The molecule has 7 nitrogen and oxygen atoms in total. The summed E-state index contributed by atoms with van der Waals surface area (Å²) in [5.41, 5.74) is 0.809. The van der Waals surface area contributed by atoms with E-state index in [1.807, 2.05) is 0 Å². The first-order valence-electron chi connectivity index (χ1n) is 8.55. The fraction of sp³-hybridized carbons (Fsp3) is 0.211. The van der Waals surface area contributed by atoms with E-state index in [0.717, 1.165) is 5.69 Å². The maximum absolute atomic E-state index is 13.1. The van der Waals surface area contributed by atoms with Crippen molar-refractivity contribution in [3.05, 3.63) is 70.7 Å². The number of carbonyl (C=O) groups is 1. The Labute approximate surface area is 154 Å². The Kier molecular flexibility index (Phi) is 4.45. The first-order valence-corrected chi connectivity index (χ1v) is 8.55. The number of nitrogens with zero attached hydrogens (tertiary/aromatic N) is 3. The number of nitrogens with one attached hydrogen (secondary N) is 1. The Balaban J connectivity index is 1.48. The van der Waals surface area contributed by atoms with Gasteiger partial charge in [-0.05, 0) is 42.5 Å². The van der Waals surface area contributed by atoms with E-state index >= 15 is 0 Å². The number of H-pyrrole nitrogens is 1. The maximum atomic E-state index is 13.1. The Bertz CT molecular complexity index is 991. The largest absolute Gasteiger partial charge is 0.463 e. The normalized spacial score (nSPS) is 14.4. The molecule has 8 heteroatoms. The molecule has 0 radical (unpaired) electrons. The van der Waals surface area contributed by atoms with Crippen molar-refractivity contribution in [2.45, 2.75) is 0 Å². The number of hydrogen-bond donors (Lipinski definition) is 1. The summed E-state index contributed by atoms with van der Waals surface area (Å²) in [7, 11) is 0. The van der Waals surface area contributed by atoms with Crippen LogP contribution in [0.4, 0.5) is 10.1 Å². The molecule has 0 atom stereocenters. The maximum Gasteiger partial charge on any atom is 0.346 e. The summed E-state index contributed by atoms with van der Waals surface area (Å²) in [6, 6.07) is 11.2. The highest BCUT2D eigenvalue weighted by Gasteiger charge is 2.24. The number of piperazine rings is 1. The molecular weight excluding hydrogens is 351 g/mol. The average Bonchev–Trinajstić information content (AvgIpc) is 3.23. The highest BCUT2D eigenvalue weighted by atomic mass is 19.1. The summed E-state index contributed by atoms with van der Waals surface area (Å²) in [4.78, 5) is 34.7. The molecule has 1 aliphatic rings. The number of aromatic amines is 1. The summed E-state index contributed by atoms with van der Waals surface area (Å²) < 4.78 is 18.3. The second kappa shape index (κ2) is 7.06. The first kappa shape index (κ1) is 17.0. The minimum absolute atomic E-state index is 0.0837. The molecule has 1 aliphatic heterocycles. The lowest BCUT2D eigenvalue weighted by molar-refractivity contribution is 0.0740. The molecule has 0 saturated carbocycles. The quantitative estimate of drug-likeness (QED) is 0.766. The van der Waals surface area contributed by atoms with E-state index in [1.165, 1.54) is 24.5 Å². The zero-order valence-electron chi connectivity index (χ0n) is 14.4. The predicted octanol–water partition coefficient (Wildman–Crippen LogP) is 2.13. The van der Waals surface area contributed by atoms with Crippen molar-refractivity contribution in [1.29, 1.82) is 0 Å². The average molecular weight is 368 g/mol. The monoisotopic (exact) mass is 368 g/mol. The second-order valence-electron chi connectivity index (χ2n) is 6.22. The van der Waals surface area contributed by atoms with Gasteiger partial charge in [0.2, 0.25) is 0 Å². The van der Waals surface area contributed by atoms with E-state index in [4.69, 9.17) is 4.42 Å². The van der Waals surface area contributed by atoms with Crippen molar-refractivity contribution < 1.29 is 13.6 Å². The summed E-state index contributed by atoms with van der Waals surface area (Å²) in [6.45, 7) is 2.21. The van der Waals surface area contributed by atoms with Crippen LogP contribution in [0.2, 0.25) is 0 Å². The minimum atomic E-state index is -0.600. The molecule has 0 spiro atoms. The topological polar surface area (TPSA) is 82.4 Å². The molecule has 3 aromatic rings. The third-order valence-corrected chi connectivity index (χ3v) is 4.51. The van der Waals surface area contributed by atoms with Gasteiger partial charge in [0.1, 0.15) is 17.3 Å². The molecule has 3 heterocycles. The van der Waals surface area contributed by atoms with E-state index in [2.05, 4.69) is 14.9 Å². The molecule has 1 saturated heterocycles. The fourth-order valence-electron chi connectivity index (χ4n) is 3.11. The Hall–Kier alpha value is -3.42. The van der Waals surface area contributed by atoms with Crippen molar-refractivity contribution >= 4 is 11.6 Å². The van der Waals surface area contributed by atoms with Crippen molar-refractivity contribution in [2.75, 3.05) is 31.1 Å². The number of amides is 1. The molecule has 0 aliphatic carbocycles. The Morgan fingerprint density at radius 3 is 2.52 bits per heavy atom. The van der Waals surface area contributed by atoms with E-state index in [9.17, 15) is 14.0 Å². The number of anilines is 1. The van der Waals surface area contributed by atoms with Crippen molar-refractivity contribution in [3.63, 3.8) is 0 Å². The molecule has 1 amide bonds. The first-order chi connectivity index (χ1) is 13.1. The van der Waals surface area contributed by atoms with Gasteiger partial charge in [0.25, 0.3) is 5.91 Å². The molecule has 4 rings (SSSR count). The standard InChI is InChI=1S/C19H17FN4O3/c20-13-3-5-14(6-4-13)23-7-9-24(10-8-23)18(25)16-12-15(21-19(26)22-16)17-2-1-11-27-17/h1-6,11-12H,7-10H2,(H,21,22,26). The van der Waals surface area contributed by atoms with Crippen LogP contribution >= 0.6 is 0 Å². The van der Waals surface area contributed by atoms with E-state index < -0.39 is 5.69 Å². The van der Waals surface area contributed by atoms with Crippen LogP contribution < -0.4 is 10.6 Å². The van der Waals surface area contributed by atoms with Gasteiger partial charge in [-0.2, -0.15) is 4.98 Å². The number of benzene rings is 1. The van der Waals surface area contributed by atoms with Gasteiger partial charge in [0.15, 0.2) is 0 Å². The SMILES string of the molecule is O=C(c1cc(-c2ccco2)[nH]c(=O)n1)N1CCN(c2ccc(F)cc2)CC1. The van der Waals surface area contributed by atoms with Gasteiger partial charge >= 0.3 is 5.69 Å². The van der Waals surface area contributed by atoms with Gasteiger partial charge in [-0.1, -0.05) is 0 Å². The van der Waals surface area contributed by atoms with Gasteiger partial charge in [0.05, 0.1) is 12.0 Å². The molecule has 0 bridgehead atoms. The lowest BCUT2D eigenvalue weighted by Gasteiger charge is -2.36. The number of aromatic nitrogens is 2. The van der Waals surface area contributed by atoms with Crippen LogP contribution in [0.15, 0.2) is 57.9 Å². The molecule has 138 valence electrons. The van der Waals surface area contributed by atoms with Crippen LogP contribution in [-0.2, 0) is 0 Å². The van der Waals surface area contributed by atoms with Gasteiger partial charge in [-0.3, -0.25) is 4.79 Å². The zero-order valence-corrected chi connectivity index (χ0v) is 14.4. The molecule has 1 aromatic carbocycles. The van der Waals surface area contributed by atoms with E-state index in [1.54, 1.807) is 29.2 Å². The minimum Gasteiger partial charge on any atom is -0.463 e. The Morgan fingerprint density at radius 1 is 1.11 bits per heavy atom. The molecular formula is C19H17FN4O3. The third kappa shape index (κ3) is 3.59. The summed E-state index contributed by atoms with van der Waals surface area (Å²) >= 11 is 0. The predicted molar refractivity (Wildman–Crippen MR) is 97.1 cm³/mol. The Morgan fingerprint density at radius 2 is 1.85 bits per heavy atom. The number of halogens is 1. The van der Waals surface area contributed by atoms with E-state index in [0.29, 0.717) is 37.6 Å². The number of furan rings is 1. The fourth-order valence-corrected chi connectivity index (χ4v) is 3.11. The zero-order chi connectivity index (χ0) is 18.8. The van der Waals surface area contributed by atoms with E-state index in [-0.39, 0.29) is 17.4 Å². The number of carbonyl (C=O) groups excluding carboxylic acids is 1. The molecule has 1 fully saturated rings. The van der Waals surface area contributed by atoms with Gasteiger partial charge in [-0.15, -0.1) is 0 Å². The molecule has 0 unspecified atom stereocenters. The third-order valence-electron chi connectivity index (χ3n) is 4.51. The van der Waals surface area contributed by atoms with Crippen molar-refractivity contribution in [1.82, 2.24) is 14.9 Å². The van der Waals surface area contributed by atoms with Crippen LogP contribution in [-0.4, -0.2) is 47.0 Å². The summed E-state index contributed by atoms with van der Waals surface area (Å²) in [6.07, 6.45) is 1.49. The second-order valence-corrected chi connectivity index (χ2v) is 6.22. The highest BCUT2D eigenvalue weighted by Crippen LogP contribution is 2.19. The number of rotatable bonds is 3. The number of hydrogen-bond acceptors (Lipinski definition) is 5. The van der Waals surface area contributed by atoms with Crippen LogP contribution in [0.3, 0.4) is 0 Å². The molecule has 27 heavy (non-hydrogen) atoms. The van der Waals surface area contributed by atoms with Crippen molar-refractivity contribution in [2.24, 2.45) is 0 Å². The smallest absolute Gasteiger partial charge is 0.346 e. The summed E-state index contributed by atoms with van der Waals surface area (Å²) in [5.74, 6) is -0.113. The van der Waals surface area contributed by atoms with Gasteiger partial charge < -0.3 is 19.2 Å². The van der Waals surface area contributed by atoms with Gasteiger partial charge in [-0.25, -0.2) is 9.18 Å². The molecule has 2 aromatic heterocycles. The van der Waals surface area contributed by atoms with Crippen LogP contribution in [0.1, 0.15) is 10.5 Å². The van der Waals surface area contributed by atoms with Gasteiger partial charge in [0, 0.05) is 31.9 Å². The summed E-state index contributed by atoms with van der Waals surface area (Å²) in [5, 5.41) is 0. The van der Waals surface area contributed by atoms with Crippen LogP contribution in [0.5, 0.6) is 0 Å². The van der Waals surface area contributed by atoms with Crippen LogP contribution in [0.25, 0.3) is 11.5 Å². The lowest BCUT2D eigenvalue weighted by Crippen LogP contribution is -2.49. The highest BCUT2D eigenvalue weighted by molar-refractivity contribution is 5.93.